The van der Waals surface area contributed by atoms with Crippen molar-refractivity contribution in [3.05, 3.63) is 53.2 Å². The zero-order valence-electron chi connectivity index (χ0n) is 22.3. The zero-order valence-corrected chi connectivity index (χ0v) is 22.3. The highest BCUT2D eigenvalue weighted by molar-refractivity contribution is 6.02. The number of piperidine rings is 1. The molecule has 1 saturated carbocycles. The van der Waals surface area contributed by atoms with Gasteiger partial charge in [0, 0.05) is 31.7 Å². The average Bonchev–Trinajstić information content (AvgIpc) is 3.45. The third kappa shape index (κ3) is 5.81. The number of nitrogens with zero attached hydrogens (tertiary/aromatic N) is 4. The predicted molar refractivity (Wildman–Crippen MR) is 145 cm³/mol. The Balaban J connectivity index is 0.00000164. The summed E-state index contributed by atoms with van der Waals surface area (Å²) in [5.41, 5.74) is 8.06. The molecule has 202 valence electrons. The van der Waals surface area contributed by atoms with Gasteiger partial charge in [-0.3, -0.25) is 19.2 Å². The number of likely N-dealkylation sites (tertiary alicyclic amines) is 1. The zero-order chi connectivity index (χ0) is 27.3. The molecule has 2 unspecified atom stereocenters. The number of alkyl halides is 1. The second-order valence-electron chi connectivity index (χ2n) is 10.2. The van der Waals surface area contributed by atoms with Crippen LogP contribution in [0, 0.1) is 17.2 Å². The van der Waals surface area contributed by atoms with Crippen LogP contribution in [0.4, 0.5) is 10.2 Å². The summed E-state index contributed by atoms with van der Waals surface area (Å²) >= 11 is 0. The van der Waals surface area contributed by atoms with Gasteiger partial charge < -0.3 is 11.1 Å². The van der Waals surface area contributed by atoms with Gasteiger partial charge >= 0.3 is 0 Å². The van der Waals surface area contributed by atoms with Gasteiger partial charge in [-0.25, -0.2) is 4.39 Å². The van der Waals surface area contributed by atoms with Crippen molar-refractivity contribution in [2.45, 2.75) is 77.0 Å². The van der Waals surface area contributed by atoms with E-state index >= 15 is 4.39 Å². The fourth-order valence-electron chi connectivity index (χ4n) is 5.27. The first-order chi connectivity index (χ1) is 18.4. The highest BCUT2D eigenvalue weighted by atomic mass is 19.1. The topological polar surface area (TPSA) is 117 Å². The smallest absolute Gasteiger partial charge is 0.254 e. The Labute approximate surface area is 223 Å². The molecule has 0 bridgehead atoms. The molecule has 38 heavy (non-hydrogen) atoms. The minimum absolute atomic E-state index is 0.0217. The summed E-state index contributed by atoms with van der Waals surface area (Å²) in [6.07, 6.45) is 7.54. The molecule has 0 spiro atoms. The lowest BCUT2D eigenvalue weighted by molar-refractivity contribution is -0.117. The Morgan fingerprint density at radius 2 is 2.00 bits per heavy atom. The standard InChI is InChI=1S/C27H31FN6O2.C2H6/c28-23-17-33(15-18-5-7-20(8-6-18)19-3-1-2-4-19)14-12-27(23,11-13-29)34-16-22(24(30)35)25(32-34)31-26(36)21-9-10-21;1-2/h3,5-8,16,21,23H,1-2,4,9-12,14-15,17H2,(H2,30,35)(H,31,32,36);1-2H3. The van der Waals surface area contributed by atoms with Crippen molar-refractivity contribution in [2.24, 2.45) is 11.7 Å². The molecule has 2 amide bonds. The Kier molecular flexibility index (Phi) is 8.62. The van der Waals surface area contributed by atoms with Gasteiger partial charge in [-0.05, 0) is 55.2 Å². The molecule has 1 aromatic heterocycles. The van der Waals surface area contributed by atoms with Gasteiger partial charge in [0.15, 0.2) is 5.82 Å². The summed E-state index contributed by atoms with van der Waals surface area (Å²) in [5, 5.41) is 16.6. The van der Waals surface area contributed by atoms with E-state index in [0.29, 0.717) is 19.5 Å². The van der Waals surface area contributed by atoms with Crippen LogP contribution in [0.3, 0.4) is 0 Å². The third-order valence-corrected chi connectivity index (χ3v) is 7.65. The Morgan fingerprint density at radius 1 is 1.26 bits per heavy atom. The first kappa shape index (κ1) is 27.5. The number of anilines is 1. The summed E-state index contributed by atoms with van der Waals surface area (Å²) in [7, 11) is 0. The maximum atomic E-state index is 15.9. The van der Waals surface area contributed by atoms with Crippen LogP contribution in [-0.4, -0.2) is 45.8 Å². The van der Waals surface area contributed by atoms with Crippen molar-refractivity contribution in [3.63, 3.8) is 0 Å². The molecule has 1 saturated heterocycles. The van der Waals surface area contributed by atoms with Gasteiger partial charge in [-0.15, -0.1) is 0 Å². The molecule has 2 aliphatic carbocycles. The summed E-state index contributed by atoms with van der Waals surface area (Å²) in [6.45, 7) is 5.30. The van der Waals surface area contributed by atoms with Crippen LogP contribution >= 0.6 is 0 Å². The van der Waals surface area contributed by atoms with Crippen LogP contribution < -0.4 is 11.1 Å². The maximum Gasteiger partial charge on any atom is 0.254 e. The van der Waals surface area contributed by atoms with Crippen LogP contribution in [0.1, 0.15) is 80.3 Å². The number of nitriles is 1. The molecular formula is C29H37FN6O2. The van der Waals surface area contributed by atoms with Crippen LogP contribution in [-0.2, 0) is 16.9 Å². The molecule has 2 heterocycles. The van der Waals surface area contributed by atoms with Crippen LogP contribution in [0.2, 0.25) is 0 Å². The van der Waals surface area contributed by atoms with E-state index in [9.17, 15) is 14.9 Å². The molecule has 2 fully saturated rings. The first-order valence-corrected chi connectivity index (χ1v) is 13.6. The number of hydrogen-bond acceptors (Lipinski definition) is 5. The van der Waals surface area contributed by atoms with E-state index in [1.165, 1.54) is 28.4 Å². The summed E-state index contributed by atoms with van der Waals surface area (Å²) < 4.78 is 17.2. The minimum atomic E-state index is -1.40. The van der Waals surface area contributed by atoms with E-state index in [0.717, 1.165) is 31.2 Å². The largest absolute Gasteiger partial charge is 0.365 e. The number of carbonyl (C=O) groups excluding carboxylic acids is 2. The Bertz CT molecular complexity index is 1230. The quantitative estimate of drug-likeness (QED) is 0.520. The van der Waals surface area contributed by atoms with Gasteiger partial charge in [0.1, 0.15) is 17.3 Å². The number of rotatable bonds is 8. The van der Waals surface area contributed by atoms with E-state index in [-0.39, 0.29) is 36.2 Å². The highest BCUT2D eigenvalue weighted by Crippen LogP contribution is 2.38. The molecule has 5 rings (SSSR count). The number of carbonyl (C=O) groups is 2. The first-order valence-electron chi connectivity index (χ1n) is 13.6. The van der Waals surface area contributed by atoms with Gasteiger partial charge in [0.05, 0.1) is 12.5 Å². The van der Waals surface area contributed by atoms with E-state index in [1.54, 1.807) is 0 Å². The fraction of sp³-hybridized carbons (Fsp3) is 0.517. The predicted octanol–water partition coefficient (Wildman–Crippen LogP) is 4.78. The SMILES string of the molecule is CC.N#CCC1(n2cc(C(N)=O)c(NC(=O)C3CC3)n2)CCN(Cc2ccc(C3=CCCC3)cc2)CC1F. The number of amides is 2. The van der Waals surface area contributed by atoms with Crippen molar-refractivity contribution >= 4 is 23.2 Å². The van der Waals surface area contributed by atoms with Crippen molar-refractivity contribution in [1.82, 2.24) is 14.7 Å². The van der Waals surface area contributed by atoms with Crippen molar-refractivity contribution in [2.75, 3.05) is 18.4 Å². The molecule has 1 aromatic carbocycles. The molecule has 3 N–H and O–H groups in total. The maximum absolute atomic E-state index is 15.9. The number of primary amides is 1. The van der Waals surface area contributed by atoms with Crippen LogP contribution in [0.15, 0.2) is 36.5 Å². The number of nitrogens with two attached hydrogens (primary N) is 1. The lowest BCUT2D eigenvalue weighted by atomic mass is 9.83. The molecule has 9 heteroatoms. The molecule has 2 aromatic rings. The fourth-order valence-corrected chi connectivity index (χ4v) is 5.27. The van der Waals surface area contributed by atoms with E-state index in [2.05, 4.69) is 46.8 Å². The van der Waals surface area contributed by atoms with Gasteiger partial charge in [0.25, 0.3) is 5.91 Å². The number of aromatic nitrogens is 2. The number of nitrogens with one attached hydrogen (secondary N) is 1. The number of halogens is 1. The van der Waals surface area contributed by atoms with E-state index in [1.807, 2.05) is 18.7 Å². The molecular weight excluding hydrogens is 483 g/mol. The number of benzene rings is 1. The van der Waals surface area contributed by atoms with Crippen LogP contribution in [0.25, 0.3) is 5.57 Å². The highest BCUT2D eigenvalue weighted by Gasteiger charge is 2.47. The second-order valence-corrected chi connectivity index (χ2v) is 10.2. The molecule has 3 aliphatic rings. The Hall–Kier alpha value is -3.51. The number of allylic oxidation sites excluding steroid dienone is 2. The third-order valence-electron chi connectivity index (χ3n) is 7.65. The van der Waals surface area contributed by atoms with Gasteiger partial charge in [-0.2, -0.15) is 10.4 Å². The van der Waals surface area contributed by atoms with Crippen molar-refractivity contribution < 1.29 is 14.0 Å². The monoisotopic (exact) mass is 520 g/mol. The summed E-state index contributed by atoms with van der Waals surface area (Å²) in [4.78, 5) is 26.3. The Morgan fingerprint density at radius 3 is 2.58 bits per heavy atom. The lowest BCUT2D eigenvalue weighted by Crippen LogP contribution is -2.54. The van der Waals surface area contributed by atoms with Crippen molar-refractivity contribution in [3.8, 4) is 6.07 Å². The summed E-state index contributed by atoms with van der Waals surface area (Å²) in [6, 6.07) is 10.6. The van der Waals surface area contributed by atoms with E-state index < -0.39 is 17.6 Å². The second kappa shape index (κ2) is 11.9. The van der Waals surface area contributed by atoms with Crippen molar-refractivity contribution in [1.29, 1.82) is 5.26 Å². The summed E-state index contributed by atoms with van der Waals surface area (Å²) in [5.74, 6) is -1.04. The van der Waals surface area contributed by atoms with Crippen LogP contribution in [0.5, 0.6) is 0 Å². The average molecular weight is 521 g/mol. The molecule has 2 atom stereocenters. The van der Waals surface area contributed by atoms with Gasteiger partial charge in [-0.1, -0.05) is 44.2 Å². The van der Waals surface area contributed by atoms with Gasteiger partial charge in [0.2, 0.25) is 5.91 Å². The molecule has 8 nitrogen and oxygen atoms in total. The minimum Gasteiger partial charge on any atom is -0.365 e. The lowest BCUT2D eigenvalue weighted by Gasteiger charge is -2.43. The number of hydrogen-bond donors (Lipinski definition) is 2. The normalized spacial score (nSPS) is 23.1. The van der Waals surface area contributed by atoms with E-state index in [4.69, 9.17) is 5.73 Å². The molecule has 0 radical (unpaired) electrons. The molecule has 1 aliphatic heterocycles.